The molecular weight excluding hydrogens is 246 g/mol. The molecule has 0 fully saturated rings. The van der Waals surface area contributed by atoms with Crippen LogP contribution < -0.4 is 5.32 Å². The van der Waals surface area contributed by atoms with E-state index in [1.807, 2.05) is 12.1 Å². The van der Waals surface area contributed by atoms with Gasteiger partial charge in [-0.1, -0.05) is 18.2 Å². The SMILES string of the molecule is Cl.c1ccc2c(c1)oc1ccc3c(c12)CCCN3. The molecule has 18 heavy (non-hydrogen) atoms. The Bertz CT molecular complexity index is 717. The highest BCUT2D eigenvalue weighted by Crippen LogP contribution is 2.36. The molecule has 92 valence electrons. The fourth-order valence-corrected chi connectivity index (χ4v) is 2.80. The maximum atomic E-state index is 5.89. The molecule has 0 spiro atoms. The van der Waals surface area contributed by atoms with Crippen LogP contribution in [0, 0.1) is 0 Å². The highest BCUT2D eigenvalue weighted by atomic mass is 35.5. The van der Waals surface area contributed by atoms with Gasteiger partial charge < -0.3 is 9.73 Å². The summed E-state index contributed by atoms with van der Waals surface area (Å²) >= 11 is 0. The number of fused-ring (bicyclic) bond motifs is 5. The van der Waals surface area contributed by atoms with E-state index in [4.69, 9.17) is 4.42 Å². The molecule has 0 radical (unpaired) electrons. The van der Waals surface area contributed by atoms with E-state index >= 15 is 0 Å². The number of hydrogen-bond donors (Lipinski definition) is 1. The zero-order valence-electron chi connectivity index (χ0n) is 9.90. The van der Waals surface area contributed by atoms with Gasteiger partial charge in [0, 0.05) is 23.0 Å². The Morgan fingerprint density at radius 1 is 1.00 bits per heavy atom. The lowest BCUT2D eigenvalue weighted by molar-refractivity contribution is 0.668. The second kappa shape index (κ2) is 4.21. The minimum Gasteiger partial charge on any atom is -0.456 e. The van der Waals surface area contributed by atoms with Gasteiger partial charge in [0.05, 0.1) is 0 Å². The average molecular weight is 260 g/mol. The van der Waals surface area contributed by atoms with Crippen LogP contribution in [0.15, 0.2) is 40.8 Å². The lowest BCUT2D eigenvalue weighted by Gasteiger charge is -2.18. The summed E-state index contributed by atoms with van der Waals surface area (Å²) in [5.41, 5.74) is 4.68. The van der Waals surface area contributed by atoms with Crippen molar-refractivity contribution in [3.05, 3.63) is 42.0 Å². The van der Waals surface area contributed by atoms with E-state index in [2.05, 4.69) is 29.6 Å². The third-order valence-corrected chi connectivity index (χ3v) is 3.57. The zero-order chi connectivity index (χ0) is 11.2. The van der Waals surface area contributed by atoms with E-state index in [1.54, 1.807) is 0 Å². The molecule has 0 unspecified atom stereocenters. The molecule has 4 rings (SSSR count). The summed E-state index contributed by atoms with van der Waals surface area (Å²) in [6.45, 7) is 1.08. The molecule has 2 heterocycles. The van der Waals surface area contributed by atoms with Crippen LogP contribution in [0.2, 0.25) is 0 Å². The summed E-state index contributed by atoms with van der Waals surface area (Å²) < 4.78 is 5.89. The summed E-state index contributed by atoms with van der Waals surface area (Å²) in [5, 5.41) is 6.00. The molecule has 1 aliphatic rings. The molecule has 1 N–H and O–H groups in total. The molecule has 0 saturated carbocycles. The van der Waals surface area contributed by atoms with E-state index in [1.165, 1.54) is 28.4 Å². The molecule has 0 amide bonds. The van der Waals surface area contributed by atoms with Gasteiger partial charge >= 0.3 is 0 Å². The van der Waals surface area contributed by atoms with Crippen molar-refractivity contribution in [3.8, 4) is 0 Å². The molecule has 3 aromatic rings. The molecule has 0 saturated heterocycles. The number of rotatable bonds is 0. The second-order valence-electron chi connectivity index (χ2n) is 4.59. The third-order valence-electron chi connectivity index (χ3n) is 3.57. The van der Waals surface area contributed by atoms with Crippen molar-refractivity contribution >= 4 is 40.0 Å². The van der Waals surface area contributed by atoms with Crippen molar-refractivity contribution in [3.63, 3.8) is 0 Å². The standard InChI is InChI=1S/C15H13NO.ClH/c1-2-6-13-11(4-1)15-10-5-3-9-16-12(10)7-8-14(15)17-13;/h1-2,4,6-8,16H,3,5,9H2;1H. The lowest BCUT2D eigenvalue weighted by atomic mass is 9.98. The van der Waals surface area contributed by atoms with Crippen molar-refractivity contribution in [2.24, 2.45) is 0 Å². The van der Waals surface area contributed by atoms with Crippen LogP contribution in [-0.4, -0.2) is 6.54 Å². The van der Waals surface area contributed by atoms with Crippen LogP contribution in [0.1, 0.15) is 12.0 Å². The van der Waals surface area contributed by atoms with Crippen molar-refractivity contribution in [1.82, 2.24) is 0 Å². The Labute approximate surface area is 111 Å². The van der Waals surface area contributed by atoms with Gasteiger partial charge in [-0.2, -0.15) is 0 Å². The Balaban J connectivity index is 0.000001000. The first-order valence-corrected chi connectivity index (χ1v) is 6.10. The Kier molecular flexibility index (Phi) is 2.67. The molecule has 1 aliphatic heterocycles. The Morgan fingerprint density at radius 3 is 2.83 bits per heavy atom. The van der Waals surface area contributed by atoms with E-state index in [0.717, 1.165) is 24.1 Å². The minimum atomic E-state index is 0. The topological polar surface area (TPSA) is 25.2 Å². The zero-order valence-corrected chi connectivity index (χ0v) is 10.7. The number of nitrogens with one attached hydrogen (secondary N) is 1. The van der Waals surface area contributed by atoms with Crippen molar-refractivity contribution in [2.45, 2.75) is 12.8 Å². The van der Waals surface area contributed by atoms with Crippen LogP contribution in [0.5, 0.6) is 0 Å². The quantitative estimate of drug-likeness (QED) is 0.649. The fourth-order valence-electron chi connectivity index (χ4n) is 2.80. The van der Waals surface area contributed by atoms with Crippen LogP contribution in [0.4, 0.5) is 5.69 Å². The first-order valence-electron chi connectivity index (χ1n) is 6.10. The normalized spacial score (nSPS) is 14.0. The molecule has 2 aromatic carbocycles. The van der Waals surface area contributed by atoms with Gasteiger partial charge in [0.15, 0.2) is 0 Å². The average Bonchev–Trinajstić information content (AvgIpc) is 2.77. The van der Waals surface area contributed by atoms with Crippen molar-refractivity contribution in [2.75, 3.05) is 11.9 Å². The number of benzene rings is 2. The van der Waals surface area contributed by atoms with Gasteiger partial charge in [0.25, 0.3) is 0 Å². The predicted molar refractivity (Wildman–Crippen MR) is 77.8 cm³/mol. The summed E-state index contributed by atoms with van der Waals surface area (Å²) in [7, 11) is 0. The maximum absolute atomic E-state index is 5.89. The number of anilines is 1. The number of aryl methyl sites for hydroxylation is 1. The van der Waals surface area contributed by atoms with Gasteiger partial charge in [-0.3, -0.25) is 0 Å². The van der Waals surface area contributed by atoms with Gasteiger partial charge in [-0.15, -0.1) is 12.4 Å². The molecular formula is C15H14ClNO. The van der Waals surface area contributed by atoms with E-state index < -0.39 is 0 Å². The molecule has 0 aliphatic carbocycles. The summed E-state index contributed by atoms with van der Waals surface area (Å²) in [4.78, 5) is 0. The molecule has 0 bridgehead atoms. The van der Waals surface area contributed by atoms with Crippen LogP contribution in [0.25, 0.3) is 21.9 Å². The van der Waals surface area contributed by atoms with Gasteiger partial charge in [0.1, 0.15) is 11.2 Å². The van der Waals surface area contributed by atoms with Crippen molar-refractivity contribution < 1.29 is 4.42 Å². The van der Waals surface area contributed by atoms with Crippen LogP contribution >= 0.6 is 12.4 Å². The number of halogens is 1. The maximum Gasteiger partial charge on any atom is 0.135 e. The lowest BCUT2D eigenvalue weighted by Crippen LogP contribution is -2.11. The van der Waals surface area contributed by atoms with E-state index in [-0.39, 0.29) is 12.4 Å². The van der Waals surface area contributed by atoms with Crippen molar-refractivity contribution in [1.29, 1.82) is 0 Å². The summed E-state index contributed by atoms with van der Waals surface area (Å²) in [5.74, 6) is 0. The minimum absolute atomic E-state index is 0. The highest BCUT2D eigenvalue weighted by molar-refractivity contribution is 6.08. The Morgan fingerprint density at radius 2 is 1.89 bits per heavy atom. The fraction of sp³-hybridized carbons (Fsp3) is 0.200. The van der Waals surface area contributed by atoms with Gasteiger partial charge in [0.2, 0.25) is 0 Å². The summed E-state index contributed by atoms with van der Waals surface area (Å²) in [6.07, 6.45) is 2.34. The van der Waals surface area contributed by atoms with E-state index in [9.17, 15) is 0 Å². The highest BCUT2D eigenvalue weighted by Gasteiger charge is 2.16. The smallest absolute Gasteiger partial charge is 0.135 e. The largest absolute Gasteiger partial charge is 0.456 e. The third kappa shape index (κ3) is 1.49. The second-order valence-corrected chi connectivity index (χ2v) is 4.59. The first-order chi connectivity index (χ1) is 8.43. The number of hydrogen-bond acceptors (Lipinski definition) is 2. The predicted octanol–water partition coefficient (Wildman–Crippen LogP) is 4.37. The van der Waals surface area contributed by atoms with Gasteiger partial charge in [-0.25, -0.2) is 0 Å². The van der Waals surface area contributed by atoms with E-state index in [0.29, 0.717) is 0 Å². The molecule has 3 heteroatoms. The number of para-hydroxylation sites is 1. The monoisotopic (exact) mass is 259 g/mol. The Hall–Kier alpha value is -1.67. The van der Waals surface area contributed by atoms with Crippen LogP contribution in [0.3, 0.4) is 0 Å². The molecule has 2 nitrogen and oxygen atoms in total. The molecule has 1 aromatic heterocycles. The number of furan rings is 1. The summed E-state index contributed by atoms with van der Waals surface area (Å²) in [6, 6.07) is 12.5. The van der Waals surface area contributed by atoms with Gasteiger partial charge in [-0.05, 0) is 36.6 Å². The first kappa shape index (κ1) is 11.4. The molecule has 0 atom stereocenters. The van der Waals surface area contributed by atoms with Crippen LogP contribution in [-0.2, 0) is 6.42 Å².